The molecule has 4 aromatic rings. The molecule has 0 bridgehead atoms. The normalized spacial score (nSPS) is 11.3. The molecule has 0 heterocycles. The number of aryl methyl sites for hydroxylation is 1. The molecule has 0 amide bonds. The van der Waals surface area contributed by atoms with Gasteiger partial charge in [0.05, 0.1) is 0 Å². The average Bonchev–Trinajstić information content (AvgIpc) is 2.87. The van der Waals surface area contributed by atoms with Gasteiger partial charge < -0.3 is 9.84 Å². The number of carboxylic acids is 1. The maximum absolute atomic E-state index is 10.7. The lowest BCUT2D eigenvalue weighted by Gasteiger charge is -2.11. The van der Waals surface area contributed by atoms with Crippen LogP contribution in [-0.2, 0) is 4.79 Å². The molecule has 0 fully saturated rings. The van der Waals surface area contributed by atoms with Crippen molar-refractivity contribution < 1.29 is 14.6 Å². The summed E-state index contributed by atoms with van der Waals surface area (Å²) in [6.07, 6.45) is 2.27. The fourth-order valence-corrected chi connectivity index (χ4v) is 4.46. The largest absolute Gasteiger partial charge is 0.482 e. The van der Waals surface area contributed by atoms with E-state index in [1.807, 2.05) is 18.2 Å². The molecule has 4 aromatic carbocycles. The molecule has 0 atom stereocenters. The number of rotatable bonds is 9. The van der Waals surface area contributed by atoms with Crippen LogP contribution >= 0.6 is 11.8 Å². The number of aliphatic carboxylic acids is 1. The second-order valence-electron chi connectivity index (χ2n) is 7.90. The first-order valence-corrected chi connectivity index (χ1v) is 12.1. The lowest BCUT2D eigenvalue weighted by Crippen LogP contribution is -2.09. The zero-order valence-corrected chi connectivity index (χ0v) is 19.8. The van der Waals surface area contributed by atoms with Gasteiger partial charge in [-0.3, -0.25) is 0 Å². The highest BCUT2D eigenvalue weighted by molar-refractivity contribution is 7.99. The van der Waals surface area contributed by atoms with E-state index in [9.17, 15) is 4.79 Å². The first kappa shape index (κ1) is 23.4. The van der Waals surface area contributed by atoms with E-state index in [2.05, 4.69) is 85.8 Å². The number of hydrogen-bond acceptors (Lipinski definition) is 3. The topological polar surface area (TPSA) is 46.5 Å². The minimum Gasteiger partial charge on any atom is -0.482 e. The molecule has 4 heteroatoms. The Hall–Kier alpha value is -3.76. The highest BCUT2D eigenvalue weighted by Gasteiger charge is 2.07. The van der Waals surface area contributed by atoms with Crippen molar-refractivity contribution in [2.45, 2.75) is 11.8 Å². The summed E-state index contributed by atoms with van der Waals surface area (Å²) in [6, 6.07) is 35.2. The molecule has 4 rings (SSSR count). The van der Waals surface area contributed by atoms with Crippen molar-refractivity contribution in [2.75, 3.05) is 12.4 Å². The first-order chi connectivity index (χ1) is 16.6. The average molecular weight is 467 g/mol. The summed E-state index contributed by atoms with van der Waals surface area (Å²) in [5.74, 6) is 0.379. The van der Waals surface area contributed by atoms with Crippen LogP contribution in [-0.4, -0.2) is 23.4 Å². The Morgan fingerprint density at radius 1 is 0.824 bits per heavy atom. The zero-order valence-electron chi connectivity index (χ0n) is 19.0. The van der Waals surface area contributed by atoms with Crippen molar-refractivity contribution in [3.8, 4) is 16.9 Å². The number of benzene rings is 4. The molecule has 34 heavy (non-hydrogen) atoms. The third kappa shape index (κ3) is 6.40. The van der Waals surface area contributed by atoms with Gasteiger partial charge in [-0.25, -0.2) is 4.79 Å². The lowest BCUT2D eigenvalue weighted by molar-refractivity contribution is -0.139. The fraction of sp³-hybridized carbons (Fsp3) is 0.100. The van der Waals surface area contributed by atoms with Gasteiger partial charge in [0.2, 0.25) is 0 Å². The van der Waals surface area contributed by atoms with Crippen LogP contribution in [0.25, 0.3) is 16.7 Å². The van der Waals surface area contributed by atoms with Gasteiger partial charge in [0.25, 0.3) is 0 Å². The Bertz CT molecular complexity index is 1260. The number of thioether (sulfide) groups is 1. The maximum atomic E-state index is 10.7. The Morgan fingerprint density at radius 2 is 1.53 bits per heavy atom. The molecule has 0 unspecified atom stereocenters. The summed E-state index contributed by atoms with van der Waals surface area (Å²) >= 11 is 1.73. The number of ether oxygens (including phenoxy) is 1. The van der Waals surface area contributed by atoms with Gasteiger partial charge in [0, 0.05) is 10.6 Å². The van der Waals surface area contributed by atoms with Gasteiger partial charge in [-0.1, -0.05) is 90.5 Å². The van der Waals surface area contributed by atoms with E-state index in [1.165, 1.54) is 33.4 Å². The molecule has 0 aliphatic rings. The summed E-state index contributed by atoms with van der Waals surface area (Å²) in [5.41, 5.74) is 7.23. The quantitative estimate of drug-likeness (QED) is 0.262. The van der Waals surface area contributed by atoms with Crippen molar-refractivity contribution in [1.29, 1.82) is 0 Å². The minimum absolute atomic E-state index is 0.335. The fourth-order valence-electron chi connectivity index (χ4n) is 3.69. The summed E-state index contributed by atoms with van der Waals surface area (Å²) < 4.78 is 5.21. The molecule has 170 valence electrons. The van der Waals surface area contributed by atoms with Gasteiger partial charge in [-0.15, -0.1) is 11.8 Å². The van der Waals surface area contributed by atoms with Crippen molar-refractivity contribution in [3.63, 3.8) is 0 Å². The van der Waals surface area contributed by atoms with E-state index in [0.29, 0.717) is 5.75 Å². The summed E-state index contributed by atoms with van der Waals surface area (Å²) in [5, 5.41) is 8.74. The van der Waals surface area contributed by atoms with Gasteiger partial charge in [-0.2, -0.15) is 0 Å². The van der Waals surface area contributed by atoms with Crippen LogP contribution in [0, 0.1) is 6.92 Å². The monoisotopic (exact) mass is 466 g/mol. The van der Waals surface area contributed by atoms with Gasteiger partial charge >= 0.3 is 5.97 Å². The first-order valence-electron chi connectivity index (χ1n) is 11.1. The summed E-state index contributed by atoms with van der Waals surface area (Å²) in [7, 11) is 0. The number of carboxylic acid groups (broad SMARTS) is 1. The van der Waals surface area contributed by atoms with Crippen LogP contribution in [0.2, 0.25) is 0 Å². The molecule has 0 aromatic heterocycles. The summed E-state index contributed by atoms with van der Waals surface area (Å²) in [6.45, 7) is 1.78. The minimum atomic E-state index is -0.982. The van der Waals surface area contributed by atoms with Gasteiger partial charge in [-0.05, 0) is 59.0 Å². The van der Waals surface area contributed by atoms with Gasteiger partial charge in [0.1, 0.15) is 5.75 Å². The van der Waals surface area contributed by atoms with Crippen molar-refractivity contribution >= 4 is 23.3 Å². The zero-order chi connectivity index (χ0) is 23.8. The maximum Gasteiger partial charge on any atom is 0.341 e. The molecule has 0 aliphatic carbocycles. The highest BCUT2D eigenvalue weighted by atomic mass is 32.2. The van der Waals surface area contributed by atoms with Crippen LogP contribution in [0.5, 0.6) is 5.75 Å². The van der Waals surface area contributed by atoms with E-state index < -0.39 is 5.97 Å². The molecule has 3 nitrogen and oxygen atoms in total. The van der Waals surface area contributed by atoms with Crippen LogP contribution in [0.4, 0.5) is 0 Å². The highest BCUT2D eigenvalue weighted by Crippen LogP contribution is 2.29. The SMILES string of the molecule is Cc1cccc(/C(=C/CSc2ccc(OCC(=O)O)cc2)c2ccc(-c3ccccc3)cc2)c1. The standard InChI is InChI=1S/C30H26O3S/c1-22-6-5-9-26(20-22)29(25-12-10-24(11-13-25)23-7-3-2-4-8-23)18-19-34-28-16-14-27(15-17-28)33-21-30(31)32/h2-18,20H,19,21H2,1H3,(H,31,32)/b29-18+. The second kappa shape index (κ2) is 11.4. The molecular weight excluding hydrogens is 440 g/mol. The lowest BCUT2D eigenvalue weighted by atomic mass is 9.94. The van der Waals surface area contributed by atoms with E-state index >= 15 is 0 Å². The van der Waals surface area contributed by atoms with E-state index in [0.717, 1.165) is 10.6 Å². The third-order valence-corrected chi connectivity index (χ3v) is 6.29. The molecule has 0 saturated heterocycles. The Labute approximate surface area is 204 Å². The second-order valence-corrected chi connectivity index (χ2v) is 8.99. The molecule has 0 radical (unpaired) electrons. The molecule has 0 aliphatic heterocycles. The van der Waals surface area contributed by atoms with E-state index in [4.69, 9.17) is 9.84 Å². The van der Waals surface area contributed by atoms with Crippen LogP contribution in [0.15, 0.2) is 114 Å². The van der Waals surface area contributed by atoms with Crippen LogP contribution in [0.3, 0.4) is 0 Å². The van der Waals surface area contributed by atoms with E-state index in [-0.39, 0.29) is 6.61 Å². The molecular formula is C30H26O3S. The van der Waals surface area contributed by atoms with Crippen LogP contribution in [0.1, 0.15) is 16.7 Å². The molecule has 1 N–H and O–H groups in total. The van der Waals surface area contributed by atoms with Crippen LogP contribution < -0.4 is 4.74 Å². The number of hydrogen-bond donors (Lipinski definition) is 1. The Balaban J connectivity index is 1.53. The Morgan fingerprint density at radius 3 is 2.21 bits per heavy atom. The van der Waals surface area contributed by atoms with Crippen molar-refractivity contribution in [2.24, 2.45) is 0 Å². The number of carbonyl (C=O) groups is 1. The van der Waals surface area contributed by atoms with Gasteiger partial charge in [0.15, 0.2) is 6.61 Å². The van der Waals surface area contributed by atoms with Crippen molar-refractivity contribution in [3.05, 3.63) is 126 Å². The summed E-state index contributed by atoms with van der Waals surface area (Å²) in [4.78, 5) is 11.8. The smallest absolute Gasteiger partial charge is 0.341 e. The van der Waals surface area contributed by atoms with E-state index in [1.54, 1.807) is 23.9 Å². The predicted octanol–water partition coefficient (Wildman–Crippen LogP) is 7.35. The van der Waals surface area contributed by atoms with Crippen molar-refractivity contribution in [1.82, 2.24) is 0 Å². The molecule has 0 saturated carbocycles. The predicted molar refractivity (Wildman–Crippen MR) is 140 cm³/mol. The molecule has 0 spiro atoms. The third-order valence-electron chi connectivity index (χ3n) is 5.36. The Kier molecular flexibility index (Phi) is 7.84.